The van der Waals surface area contributed by atoms with Crippen LogP contribution in [0.15, 0.2) is 18.2 Å². The number of carbonyl (C=O) groups excluding carboxylic acids is 1. The Kier molecular flexibility index (Phi) is 4.40. The lowest BCUT2D eigenvalue weighted by Gasteiger charge is -2.34. The second-order valence-corrected chi connectivity index (χ2v) is 7.01. The molecule has 114 valence electrons. The number of benzene rings is 1. The van der Waals surface area contributed by atoms with Gasteiger partial charge in [-0.05, 0) is 25.1 Å². The van der Waals surface area contributed by atoms with E-state index in [0.29, 0.717) is 0 Å². The molecule has 0 radical (unpaired) electrons. The van der Waals surface area contributed by atoms with Gasteiger partial charge in [0, 0.05) is 41.0 Å². The number of hydrogen-bond acceptors (Lipinski definition) is 4. The first-order valence-electron chi connectivity index (χ1n) is 7.77. The van der Waals surface area contributed by atoms with Crippen LogP contribution in [-0.4, -0.2) is 36.5 Å². The van der Waals surface area contributed by atoms with Gasteiger partial charge in [-0.15, -0.1) is 0 Å². The van der Waals surface area contributed by atoms with Crippen molar-refractivity contribution in [3.8, 4) is 0 Å². The van der Waals surface area contributed by atoms with Gasteiger partial charge in [-0.2, -0.15) is 11.8 Å². The van der Waals surface area contributed by atoms with E-state index >= 15 is 0 Å². The molecule has 1 amide bonds. The maximum absolute atomic E-state index is 12.0. The lowest BCUT2D eigenvalue weighted by molar-refractivity contribution is -0.117. The number of anilines is 2. The maximum atomic E-state index is 12.0. The molecule has 0 aliphatic carbocycles. The molecule has 0 spiro atoms. The number of amides is 1. The molecule has 2 aliphatic rings. The number of nitrogens with zero attached hydrogens (tertiary/aromatic N) is 1. The van der Waals surface area contributed by atoms with Crippen LogP contribution >= 0.6 is 11.8 Å². The average Bonchev–Trinajstić information content (AvgIpc) is 2.83. The Morgan fingerprint density at radius 1 is 1.43 bits per heavy atom. The van der Waals surface area contributed by atoms with Gasteiger partial charge in [0.2, 0.25) is 5.91 Å². The van der Waals surface area contributed by atoms with Crippen LogP contribution in [0.1, 0.15) is 31.9 Å². The summed E-state index contributed by atoms with van der Waals surface area (Å²) >= 11 is 2.07. The second-order valence-electron chi connectivity index (χ2n) is 5.60. The standard InChI is InChI=1S/C16H23N3OS/c1-3-12-10-19(7-8-21-12)11-5-6-13-14(9-11)18-16(20)15(13)17-4-2/h5-6,9,12,15,17H,3-4,7-8,10H2,1-2H3,(H,18,20). The van der Waals surface area contributed by atoms with Gasteiger partial charge in [0.05, 0.1) is 0 Å². The van der Waals surface area contributed by atoms with Crippen molar-refractivity contribution >= 4 is 29.0 Å². The molecule has 1 fully saturated rings. The Hall–Kier alpha value is -1.20. The third kappa shape index (κ3) is 2.90. The molecule has 2 unspecified atom stereocenters. The molecule has 2 N–H and O–H groups in total. The zero-order chi connectivity index (χ0) is 14.8. The van der Waals surface area contributed by atoms with Gasteiger partial charge in [0.15, 0.2) is 0 Å². The lowest BCUT2D eigenvalue weighted by atomic mass is 10.1. The lowest BCUT2D eigenvalue weighted by Crippen LogP contribution is -2.37. The molecule has 21 heavy (non-hydrogen) atoms. The first-order valence-corrected chi connectivity index (χ1v) is 8.82. The van der Waals surface area contributed by atoms with Crippen LogP contribution in [0.3, 0.4) is 0 Å². The van der Waals surface area contributed by atoms with Gasteiger partial charge < -0.3 is 15.5 Å². The van der Waals surface area contributed by atoms with Crippen LogP contribution in [0.25, 0.3) is 0 Å². The van der Waals surface area contributed by atoms with E-state index in [1.54, 1.807) is 0 Å². The van der Waals surface area contributed by atoms with Crippen molar-refractivity contribution in [3.05, 3.63) is 23.8 Å². The Morgan fingerprint density at radius 3 is 3.05 bits per heavy atom. The van der Waals surface area contributed by atoms with E-state index in [2.05, 4.69) is 52.4 Å². The molecule has 0 bridgehead atoms. The minimum atomic E-state index is -0.195. The van der Waals surface area contributed by atoms with Crippen molar-refractivity contribution in [1.29, 1.82) is 0 Å². The maximum Gasteiger partial charge on any atom is 0.246 e. The number of nitrogens with one attached hydrogen (secondary N) is 2. The van der Waals surface area contributed by atoms with Gasteiger partial charge in [0.1, 0.15) is 6.04 Å². The summed E-state index contributed by atoms with van der Waals surface area (Å²) in [7, 11) is 0. The molecule has 1 aromatic rings. The molecule has 1 saturated heterocycles. The second kappa shape index (κ2) is 6.28. The van der Waals surface area contributed by atoms with Gasteiger partial charge in [0.25, 0.3) is 0 Å². The number of carbonyl (C=O) groups is 1. The zero-order valence-corrected chi connectivity index (χ0v) is 13.5. The van der Waals surface area contributed by atoms with E-state index < -0.39 is 0 Å². The summed E-state index contributed by atoms with van der Waals surface area (Å²) in [6, 6.07) is 6.19. The van der Waals surface area contributed by atoms with Crippen molar-refractivity contribution in [1.82, 2.24) is 5.32 Å². The van der Waals surface area contributed by atoms with Crippen molar-refractivity contribution < 1.29 is 4.79 Å². The molecular formula is C16H23N3OS. The highest BCUT2D eigenvalue weighted by molar-refractivity contribution is 8.00. The van der Waals surface area contributed by atoms with Gasteiger partial charge in [-0.3, -0.25) is 4.79 Å². The fourth-order valence-corrected chi connectivity index (χ4v) is 4.23. The van der Waals surface area contributed by atoms with Crippen molar-refractivity contribution in [3.63, 3.8) is 0 Å². The molecule has 1 aromatic carbocycles. The number of hydrogen-bond donors (Lipinski definition) is 2. The van der Waals surface area contributed by atoms with Crippen molar-refractivity contribution in [2.75, 3.05) is 35.6 Å². The third-order valence-corrected chi connectivity index (χ3v) is 5.61. The molecule has 2 heterocycles. The molecule has 2 atom stereocenters. The normalized spacial score (nSPS) is 24.9. The molecule has 0 aromatic heterocycles. The Balaban J connectivity index is 1.81. The van der Waals surface area contributed by atoms with Gasteiger partial charge in [-0.1, -0.05) is 19.9 Å². The van der Waals surface area contributed by atoms with E-state index in [0.717, 1.165) is 36.1 Å². The van der Waals surface area contributed by atoms with Gasteiger partial charge in [-0.25, -0.2) is 0 Å². The van der Waals surface area contributed by atoms with Crippen LogP contribution in [-0.2, 0) is 4.79 Å². The molecule has 5 heteroatoms. The van der Waals surface area contributed by atoms with Crippen LogP contribution in [0.5, 0.6) is 0 Å². The SMILES string of the molecule is CCNC1C(=O)Nc2cc(N3CCSC(CC)C3)ccc21. The van der Waals surface area contributed by atoms with Gasteiger partial charge >= 0.3 is 0 Å². The highest BCUT2D eigenvalue weighted by atomic mass is 32.2. The first kappa shape index (κ1) is 14.7. The predicted octanol–water partition coefficient (Wildman–Crippen LogP) is 2.62. The Labute approximate surface area is 130 Å². The first-order chi connectivity index (χ1) is 10.2. The zero-order valence-electron chi connectivity index (χ0n) is 12.7. The smallest absolute Gasteiger partial charge is 0.246 e. The molecule has 4 nitrogen and oxygen atoms in total. The molecule has 0 saturated carbocycles. The number of rotatable bonds is 4. The topological polar surface area (TPSA) is 44.4 Å². The van der Waals surface area contributed by atoms with Crippen molar-refractivity contribution in [2.45, 2.75) is 31.6 Å². The fourth-order valence-electron chi connectivity index (χ4n) is 3.05. The van der Waals surface area contributed by atoms with E-state index in [1.165, 1.54) is 17.9 Å². The van der Waals surface area contributed by atoms with E-state index in [-0.39, 0.29) is 11.9 Å². The van der Waals surface area contributed by atoms with E-state index in [1.807, 2.05) is 6.92 Å². The minimum Gasteiger partial charge on any atom is -0.370 e. The molecule has 3 rings (SSSR count). The summed E-state index contributed by atoms with van der Waals surface area (Å²) in [5, 5.41) is 6.96. The number of fused-ring (bicyclic) bond motifs is 1. The highest BCUT2D eigenvalue weighted by Gasteiger charge is 2.30. The van der Waals surface area contributed by atoms with Crippen LogP contribution in [0, 0.1) is 0 Å². The van der Waals surface area contributed by atoms with E-state index in [4.69, 9.17) is 0 Å². The average molecular weight is 305 g/mol. The Bertz CT molecular complexity index is 534. The largest absolute Gasteiger partial charge is 0.370 e. The molecule has 2 aliphatic heterocycles. The summed E-state index contributed by atoms with van der Waals surface area (Å²) in [6.45, 7) is 7.26. The highest BCUT2D eigenvalue weighted by Crippen LogP contribution is 2.35. The van der Waals surface area contributed by atoms with E-state index in [9.17, 15) is 4.79 Å². The summed E-state index contributed by atoms with van der Waals surface area (Å²) in [6.07, 6.45) is 1.21. The monoisotopic (exact) mass is 305 g/mol. The summed E-state index contributed by atoms with van der Waals surface area (Å²) in [5.74, 6) is 1.24. The number of likely N-dealkylation sites (N-methyl/N-ethyl adjacent to an activating group) is 1. The summed E-state index contributed by atoms with van der Waals surface area (Å²) in [4.78, 5) is 14.5. The van der Waals surface area contributed by atoms with Crippen LogP contribution in [0.4, 0.5) is 11.4 Å². The van der Waals surface area contributed by atoms with Crippen LogP contribution < -0.4 is 15.5 Å². The van der Waals surface area contributed by atoms with Crippen molar-refractivity contribution in [2.24, 2.45) is 0 Å². The Morgan fingerprint density at radius 2 is 2.29 bits per heavy atom. The summed E-state index contributed by atoms with van der Waals surface area (Å²) < 4.78 is 0. The molecular weight excluding hydrogens is 282 g/mol. The van der Waals surface area contributed by atoms with Crippen LogP contribution in [0.2, 0.25) is 0 Å². The number of thioether (sulfide) groups is 1. The quantitative estimate of drug-likeness (QED) is 0.897. The predicted molar refractivity (Wildman–Crippen MR) is 90.2 cm³/mol. The fraction of sp³-hybridized carbons (Fsp3) is 0.562. The minimum absolute atomic E-state index is 0.0598. The third-order valence-electron chi connectivity index (χ3n) is 4.24. The summed E-state index contributed by atoms with van der Waals surface area (Å²) in [5.41, 5.74) is 3.27.